The molecule has 24 rings (SSSR count). The van der Waals surface area contributed by atoms with E-state index in [0.29, 0.717) is 0 Å². The first-order valence-electron chi connectivity index (χ1n) is 35.6. The zero-order chi connectivity index (χ0) is 67.8. The molecular formula is C96H58N6OS. The van der Waals surface area contributed by atoms with Crippen molar-refractivity contribution in [2.45, 2.75) is 0 Å². The first-order chi connectivity index (χ1) is 51.6. The van der Waals surface area contributed by atoms with Crippen LogP contribution in [0, 0.1) is 0 Å². The summed E-state index contributed by atoms with van der Waals surface area (Å²) in [6.07, 6.45) is 0. The Morgan fingerprint density at radius 2 is 0.490 bits per heavy atom. The third-order valence-electron chi connectivity index (χ3n) is 22.0. The summed E-state index contributed by atoms with van der Waals surface area (Å²) in [6, 6.07) is 128. The molecule has 0 fully saturated rings. The number of fused-ring (bicyclic) bond motifs is 26. The summed E-state index contributed by atoms with van der Waals surface area (Å²) in [5.74, 6) is 0. The van der Waals surface area contributed by atoms with Gasteiger partial charge < -0.3 is 31.8 Å². The van der Waals surface area contributed by atoms with Gasteiger partial charge >= 0.3 is 0 Å². The Labute approximate surface area is 598 Å². The molecule has 8 aromatic heterocycles. The molecule has 0 spiro atoms. The van der Waals surface area contributed by atoms with E-state index in [1.165, 1.54) is 157 Å². The van der Waals surface area contributed by atoms with Crippen LogP contribution in [-0.4, -0.2) is 27.4 Å². The summed E-state index contributed by atoms with van der Waals surface area (Å²) >= 11 is 1.87. The molecule has 104 heavy (non-hydrogen) atoms. The second-order valence-corrected chi connectivity index (χ2v) is 28.5. The summed E-state index contributed by atoms with van der Waals surface area (Å²) in [7, 11) is 0. The Morgan fingerprint density at radius 1 is 0.173 bits per heavy atom. The fraction of sp³-hybridized carbons (Fsp3) is 0. The molecule has 0 atom stereocenters. The third kappa shape index (κ3) is 8.11. The fourth-order valence-electron chi connectivity index (χ4n) is 17.7. The molecule has 484 valence electrons. The first-order valence-corrected chi connectivity index (χ1v) is 36.4. The molecule has 0 saturated heterocycles. The fourth-order valence-corrected chi connectivity index (χ4v) is 18.9. The number of para-hydroxylation sites is 9. The van der Waals surface area contributed by atoms with E-state index in [2.05, 4.69) is 367 Å². The number of nitrogens with zero attached hydrogens (tertiary/aromatic N) is 6. The van der Waals surface area contributed by atoms with Gasteiger partial charge in [-0.25, -0.2) is 0 Å². The molecule has 0 N–H and O–H groups in total. The van der Waals surface area contributed by atoms with Crippen LogP contribution in [0.2, 0.25) is 0 Å². The van der Waals surface area contributed by atoms with E-state index in [1.54, 1.807) is 0 Å². The summed E-state index contributed by atoms with van der Waals surface area (Å²) in [6.45, 7) is 0. The maximum Gasteiger partial charge on any atom is 0.137 e. The highest BCUT2D eigenvalue weighted by molar-refractivity contribution is 7.25. The molecule has 8 heterocycles. The normalized spacial score (nSPS) is 12.2. The maximum absolute atomic E-state index is 6.33. The van der Waals surface area contributed by atoms with Crippen LogP contribution in [0.3, 0.4) is 0 Å². The lowest BCUT2D eigenvalue weighted by Crippen LogP contribution is -1.96. The minimum absolute atomic E-state index is 0.894. The number of rotatable bonds is 6. The maximum atomic E-state index is 6.33. The van der Waals surface area contributed by atoms with Gasteiger partial charge in [0.2, 0.25) is 0 Å². The van der Waals surface area contributed by atoms with Gasteiger partial charge in [0.25, 0.3) is 0 Å². The molecule has 7 nitrogen and oxygen atoms in total. The number of thiophene rings is 1. The Morgan fingerprint density at radius 3 is 1.00 bits per heavy atom. The minimum Gasteiger partial charge on any atom is -0.456 e. The SMILES string of the molecule is c1ccc(-n2c3ccccc3c3ccc4c(c5ccccc5n4-c4ccc5c(c4)c4ccccc4n5-c4ccc5c(c4)oc4ccccc45)c32)cc1.c1ccc(-n2c3ccccc3c3ccc4c(c5ccccc5n4-c4ccc5c(c4)c4ccccc4n5-c4ccc5c(c4)sc4ccccc45)c32)cc1. The molecule has 0 aliphatic carbocycles. The average molecular weight is 1340 g/mol. The molecule has 8 heteroatoms. The summed E-state index contributed by atoms with van der Waals surface area (Å²) in [5, 5.41) is 19.9. The van der Waals surface area contributed by atoms with E-state index >= 15 is 0 Å². The minimum atomic E-state index is 0.894. The Hall–Kier alpha value is -13.7. The Kier molecular flexibility index (Phi) is 12.0. The van der Waals surface area contributed by atoms with E-state index in [-0.39, 0.29) is 0 Å². The number of hydrogen-bond donors (Lipinski definition) is 0. The van der Waals surface area contributed by atoms with E-state index < -0.39 is 0 Å². The number of benzene rings is 16. The Bertz CT molecular complexity index is 7280. The highest BCUT2D eigenvalue weighted by atomic mass is 32.1. The van der Waals surface area contributed by atoms with Gasteiger partial charge in [0.1, 0.15) is 11.2 Å². The van der Waals surface area contributed by atoms with E-state index in [9.17, 15) is 0 Å². The van der Waals surface area contributed by atoms with Crippen molar-refractivity contribution in [3.63, 3.8) is 0 Å². The molecule has 0 unspecified atom stereocenters. The van der Waals surface area contributed by atoms with Crippen LogP contribution < -0.4 is 0 Å². The van der Waals surface area contributed by atoms with E-state index in [0.717, 1.165) is 50.2 Å². The lowest BCUT2D eigenvalue weighted by molar-refractivity contribution is 0.668. The van der Waals surface area contributed by atoms with Crippen molar-refractivity contribution < 1.29 is 4.42 Å². The molecule has 0 saturated carbocycles. The molecule has 0 aliphatic heterocycles. The van der Waals surface area contributed by atoms with Gasteiger partial charge in [-0.2, -0.15) is 0 Å². The zero-order valence-electron chi connectivity index (χ0n) is 56.0. The van der Waals surface area contributed by atoms with Crippen molar-refractivity contribution in [3.05, 3.63) is 352 Å². The molecular weight excluding hydrogens is 1290 g/mol. The van der Waals surface area contributed by atoms with Gasteiger partial charge in [-0.05, 0) is 146 Å². The van der Waals surface area contributed by atoms with Crippen molar-refractivity contribution in [2.24, 2.45) is 0 Å². The Balaban J connectivity index is 0.000000127. The van der Waals surface area contributed by atoms with Gasteiger partial charge in [0, 0.05) is 136 Å². The summed E-state index contributed by atoms with van der Waals surface area (Å²) in [5.41, 5.74) is 23.1. The monoisotopic (exact) mass is 1340 g/mol. The lowest BCUT2D eigenvalue weighted by Gasteiger charge is -2.11. The van der Waals surface area contributed by atoms with Gasteiger partial charge in [0.05, 0.1) is 66.2 Å². The van der Waals surface area contributed by atoms with Crippen molar-refractivity contribution in [2.75, 3.05) is 0 Å². The lowest BCUT2D eigenvalue weighted by atomic mass is 10.1. The molecule has 0 amide bonds. The molecule has 24 aromatic rings. The van der Waals surface area contributed by atoms with Gasteiger partial charge in [-0.15, -0.1) is 11.3 Å². The van der Waals surface area contributed by atoms with Crippen LogP contribution in [0.1, 0.15) is 0 Å². The summed E-state index contributed by atoms with van der Waals surface area (Å²) < 4.78 is 23.6. The zero-order valence-corrected chi connectivity index (χ0v) is 56.8. The van der Waals surface area contributed by atoms with E-state index in [1.807, 2.05) is 23.5 Å². The number of furan rings is 1. The molecule has 0 aliphatic rings. The number of aromatic nitrogens is 6. The predicted octanol–water partition coefficient (Wildman–Crippen LogP) is 26.2. The van der Waals surface area contributed by atoms with Crippen molar-refractivity contribution in [1.82, 2.24) is 27.4 Å². The predicted molar refractivity (Wildman–Crippen MR) is 439 cm³/mol. The average Bonchev–Trinajstić information content (AvgIpc) is 1.53. The van der Waals surface area contributed by atoms with Crippen LogP contribution >= 0.6 is 11.3 Å². The van der Waals surface area contributed by atoms with Crippen LogP contribution in [0.15, 0.2) is 356 Å². The second kappa shape index (κ2) is 21.9. The second-order valence-electron chi connectivity index (χ2n) is 27.5. The highest BCUT2D eigenvalue weighted by Crippen LogP contribution is 2.47. The van der Waals surface area contributed by atoms with Gasteiger partial charge in [-0.1, -0.05) is 200 Å². The molecule has 16 aromatic carbocycles. The smallest absolute Gasteiger partial charge is 0.137 e. The molecule has 0 bridgehead atoms. The molecule has 0 radical (unpaired) electrons. The van der Waals surface area contributed by atoms with Crippen molar-refractivity contribution in [1.29, 1.82) is 0 Å². The van der Waals surface area contributed by atoms with Crippen LogP contribution in [-0.2, 0) is 0 Å². The highest BCUT2D eigenvalue weighted by Gasteiger charge is 2.25. The third-order valence-corrected chi connectivity index (χ3v) is 23.2. The van der Waals surface area contributed by atoms with Crippen molar-refractivity contribution in [3.8, 4) is 34.1 Å². The van der Waals surface area contributed by atoms with Crippen LogP contribution in [0.25, 0.3) is 207 Å². The number of hydrogen-bond acceptors (Lipinski definition) is 2. The quantitative estimate of drug-likeness (QED) is 0.164. The van der Waals surface area contributed by atoms with Crippen LogP contribution in [0.4, 0.5) is 0 Å². The van der Waals surface area contributed by atoms with Crippen molar-refractivity contribution >= 4 is 184 Å². The standard InChI is InChI=1S/C48H29N3O.C48H29N3S/c2*1-2-12-30(13-3-1)51-41-19-9-4-14-33(41)37-25-27-44-47(48(37)51)38-17-6-10-20-42(38)50(44)31-23-26-43-39(28-31)34-15-5-8-18-40(34)49(43)32-22-24-36-35-16-7-11-21-45(35)52-46(36)29-32/h2*1-29H. The topological polar surface area (TPSA) is 42.7 Å². The largest absolute Gasteiger partial charge is 0.456 e. The van der Waals surface area contributed by atoms with E-state index in [4.69, 9.17) is 4.42 Å². The van der Waals surface area contributed by atoms with Gasteiger partial charge in [0.15, 0.2) is 0 Å². The first kappa shape index (κ1) is 57.1. The van der Waals surface area contributed by atoms with Crippen LogP contribution in [0.5, 0.6) is 0 Å². The van der Waals surface area contributed by atoms with Gasteiger partial charge in [-0.3, -0.25) is 0 Å². The summed E-state index contributed by atoms with van der Waals surface area (Å²) in [4.78, 5) is 0.